The van der Waals surface area contributed by atoms with E-state index in [9.17, 15) is 0 Å². The molecule has 0 spiro atoms. The first kappa shape index (κ1) is 19.9. The molecule has 4 aromatic rings. The van der Waals surface area contributed by atoms with Gasteiger partial charge in [-0.05, 0) is 31.4 Å². The van der Waals surface area contributed by atoms with E-state index in [2.05, 4.69) is 10.3 Å². The third kappa shape index (κ3) is 3.44. The maximum Gasteiger partial charge on any atom is 0.199 e. The van der Waals surface area contributed by atoms with E-state index in [0.717, 1.165) is 39.3 Å². The smallest absolute Gasteiger partial charge is 0.199 e. The van der Waals surface area contributed by atoms with E-state index in [1.54, 1.807) is 18.3 Å². The molecular formula is C23H24FN5OS. The van der Waals surface area contributed by atoms with Crippen LogP contribution >= 0.6 is 11.3 Å². The second-order valence-corrected chi connectivity index (χ2v) is 8.94. The summed E-state index contributed by atoms with van der Waals surface area (Å²) in [6.45, 7) is 2.01. The fourth-order valence-corrected chi connectivity index (χ4v) is 5.49. The minimum absolute atomic E-state index is 0.235. The largest absolute Gasteiger partial charge is 0.494 e. The lowest BCUT2D eigenvalue weighted by Crippen LogP contribution is -2.16. The normalized spacial score (nSPS) is 14.5. The van der Waals surface area contributed by atoms with Gasteiger partial charge in [-0.3, -0.25) is 0 Å². The number of benzene rings is 1. The first-order valence-electron chi connectivity index (χ1n) is 10.4. The molecule has 1 aromatic carbocycles. The van der Waals surface area contributed by atoms with E-state index < -0.39 is 0 Å². The van der Waals surface area contributed by atoms with Gasteiger partial charge < -0.3 is 14.6 Å². The first-order valence-corrected chi connectivity index (χ1v) is 11.3. The molecule has 0 bridgehead atoms. The van der Waals surface area contributed by atoms with Crippen molar-refractivity contribution in [1.29, 1.82) is 0 Å². The van der Waals surface area contributed by atoms with Gasteiger partial charge in [0.15, 0.2) is 23.2 Å². The highest BCUT2D eigenvalue weighted by atomic mass is 32.1. The van der Waals surface area contributed by atoms with E-state index in [-0.39, 0.29) is 11.6 Å². The quantitative estimate of drug-likeness (QED) is 0.442. The summed E-state index contributed by atoms with van der Waals surface area (Å²) in [4.78, 5) is 15.8. The molecule has 3 aromatic heterocycles. The van der Waals surface area contributed by atoms with Crippen LogP contribution in [0.2, 0.25) is 0 Å². The van der Waals surface area contributed by atoms with Crippen molar-refractivity contribution in [2.45, 2.75) is 38.6 Å². The molecule has 0 unspecified atom stereocenters. The Kier molecular flexibility index (Phi) is 5.09. The van der Waals surface area contributed by atoms with Gasteiger partial charge >= 0.3 is 0 Å². The predicted molar refractivity (Wildman–Crippen MR) is 122 cm³/mol. The molecule has 1 aliphatic carbocycles. The highest BCUT2D eigenvalue weighted by Crippen LogP contribution is 2.43. The number of rotatable bonds is 5. The maximum absolute atomic E-state index is 15.1. The Balaban J connectivity index is 1.72. The molecule has 0 amide bonds. The van der Waals surface area contributed by atoms with Gasteiger partial charge in [0.2, 0.25) is 0 Å². The minimum atomic E-state index is -0.359. The minimum Gasteiger partial charge on any atom is -0.494 e. The predicted octanol–water partition coefficient (Wildman–Crippen LogP) is 5.57. The molecule has 5 rings (SSSR count). The average Bonchev–Trinajstić information content (AvgIpc) is 3.49. The first-order chi connectivity index (χ1) is 15.1. The molecule has 8 heteroatoms. The number of fused-ring (bicyclic) bond motifs is 1. The van der Waals surface area contributed by atoms with Crippen molar-refractivity contribution in [2.75, 3.05) is 12.4 Å². The Hall–Kier alpha value is -3.00. The zero-order chi connectivity index (χ0) is 21.5. The van der Waals surface area contributed by atoms with E-state index in [1.807, 2.05) is 30.8 Å². The fraction of sp³-hybridized carbons (Fsp3) is 0.348. The van der Waals surface area contributed by atoms with Crippen LogP contribution in [-0.4, -0.2) is 32.7 Å². The number of nitrogens with one attached hydrogen (secondary N) is 1. The summed E-state index contributed by atoms with van der Waals surface area (Å²) < 4.78 is 22.2. The van der Waals surface area contributed by atoms with Gasteiger partial charge in [-0.25, -0.2) is 19.3 Å². The lowest BCUT2D eigenvalue weighted by atomic mass is 10.1. The number of ether oxygens (including phenoxy) is 1. The van der Waals surface area contributed by atoms with Crippen molar-refractivity contribution in [2.24, 2.45) is 7.05 Å². The van der Waals surface area contributed by atoms with Gasteiger partial charge in [0.1, 0.15) is 10.6 Å². The van der Waals surface area contributed by atoms with Gasteiger partial charge in [0.25, 0.3) is 0 Å². The number of imidazole rings is 1. The van der Waals surface area contributed by atoms with E-state index in [0.29, 0.717) is 23.3 Å². The van der Waals surface area contributed by atoms with Crippen LogP contribution in [0.4, 0.5) is 10.2 Å². The van der Waals surface area contributed by atoms with Crippen LogP contribution in [0.5, 0.6) is 5.75 Å². The van der Waals surface area contributed by atoms with Gasteiger partial charge in [-0.15, -0.1) is 11.3 Å². The van der Waals surface area contributed by atoms with Crippen molar-refractivity contribution in [1.82, 2.24) is 19.5 Å². The summed E-state index contributed by atoms with van der Waals surface area (Å²) in [5, 5.41) is 4.60. The lowest BCUT2D eigenvalue weighted by molar-refractivity contribution is 0.387. The van der Waals surface area contributed by atoms with Gasteiger partial charge in [0.05, 0.1) is 12.5 Å². The van der Waals surface area contributed by atoms with E-state index >= 15 is 4.39 Å². The zero-order valence-electron chi connectivity index (χ0n) is 17.8. The molecule has 0 atom stereocenters. The van der Waals surface area contributed by atoms with Crippen LogP contribution in [0, 0.1) is 12.7 Å². The highest BCUT2D eigenvalue weighted by molar-refractivity contribution is 7.22. The Labute approximate surface area is 184 Å². The molecule has 3 heterocycles. The third-order valence-electron chi connectivity index (χ3n) is 5.94. The molecule has 0 saturated heterocycles. The Morgan fingerprint density at radius 3 is 2.74 bits per heavy atom. The Morgan fingerprint density at radius 1 is 1.23 bits per heavy atom. The van der Waals surface area contributed by atoms with Gasteiger partial charge in [0, 0.05) is 35.9 Å². The average molecular weight is 438 g/mol. The molecule has 160 valence electrons. The standard InChI is InChI=1S/C23H24FN5OS/c1-13-17-20(26-14-7-4-5-8-14)27-21(22-25-11-12-29(22)2)28-23(17)31-19(13)15-9-6-10-16(30-3)18(15)24/h6,9-12,14H,4-5,7-8H2,1-3H3,(H,26,27,28). The second kappa shape index (κ2) is 7.92. The van der Waals surface area contributed by atoms with Crippen LogP contribution in [0.3, 0.4) is 0 Å². The van der Waals surface area contributed by atoms with Crippen LogP contribution in [-0.2, 0) is 7.05 Å². The SMILES string of the molecule is COc1cccc(-c2sc3nc(-c4nccn4C)nc(NC4CCCC4)c3c2C)c1F. The molecule has 0 aliphatic heterocycles. The fourth-order valence-electron chi connectivity index (χ4n) is 4.29. The number of nitrogens with zero attached hydrogens (tertiary/aromatic N) is 4. The summed E-state index contributed by atoms with van der Waals surface area (Å²) in [6.07, 6.45) is 8.32. The summed E-state index contributed by atoms with van der Waals surface area (Å²) in [5.41, 5.74) is 1.49. The summed E-state index contributed by atoms with van der Waals surface area (Å²) >= 11 is 1.48. The Bertz CT molecular complexity index is 1260. The van der Waals surface area contributed by atoms with Gasteiger partial charge in [-0.1, -0.05) is 25.0 Å². The van der Waals surface area contributed by atoms with Crippen LogP contribution < -0.4 is 10.1 Å². The molecule has 1 aliphatic rings. The van der Waals surface area contributed by atoms with Crippen molar-refractivity contribution >= 4 is 27.4 Å². The lowest BCUT2D eigenvalue weighted by Gasteiger charge is -2.15. The number of thiophene rings is 1. The number of aromatic nitrogens is 4. The number of halogens is 1. The summed E-state index contributed by atoms with van der Waals surface area (Å²) in [5.74, 6) is 1.95. The molecule has 1 N–H and O–H groups in total. The number of aryl methyl sites for hydroxylation is 2. The van der Waals surface area contributed by atoms with Gasteiger partial charge in [-0.2, -0.15) is 0 Å². The molecular weight excluding hydrogens is 413 g/mol. The van der Waals surface area contributed by atoms with Crippen molar-refractivity contribution in [3.05, 3.63) is 42.0 Å². The number of methoxy groups -OCH3 is 1. The second-order valence-electron chi connectivity index (χ2n) is 7.94. The molecule has 1 fully saturated rings. The van der Waals surface area contributed by atoms with Crippen molar-refractivity contribution < 1.29 is 9.13 Å². The molecule has 1 saturated carbocycles. The summed E-state index contributed by atoms with van der Waals surface area (Å²) in [7, 11) is 3.41. The van der Waals surface area contributed by atoms with E-state index in [4.69, 9.17) is 14.7 Å². The number of anilines is 1. The topological polar surface area (TPSA) is 64.9 Å². The maximum atomic E-state index is 15.1. The molecule has 0 radical (unpaired) electrons. The Morgan fingerprint density at radius 2 is 2.03 bits per heavy atom. The van der Waals surface area contributed by atoms with Crippen LogP contribution in [0.15, 0.2) is 30.6 Å². The van der Waals surface area contributed by atoms with Crippen molar-refractivity contribution in [3.8, 4) is 27.8 Å². The van der Waals surface area contributed by atoms with E-state index in [1.165, 1.54) is 31.3 Å². The number of hydrogen-bond donors (Lipinski definition) is 1. The van der Waals surface area contributed by atoms with Crippen LogP contribution in [0.1, 0.15) is 31.2 Å². The third-order valence-corrected chi connectivity index (χ3v) is 7.15. The van der Waals surface area contributed by atoms with Crippen molar-refractivity contribution in [3.63, 3.8) is 0 Å². The highest BCUT2D eigenvalue weighted by Gasteiger charge is 2.24. The zero-order valence-corrected chi connectivity index (χ0v) is 18.6. The summed E-state index contributed by atoms with van der Waals surface area (Å²) in [6, 6.07) is 5.62. The monoisotopic (exact) mass is 437 g/mol. The molecule has 6 nitrogen and oxygen atoms in total. The molecule has 31 heavy (non-hydrogen) atoms. The van der Waals surface area contributed by atoms with Crippen LogP contribution in [0.25, 0.3) is 32.3 Å². The number of hydrogen-bond acceptors (Lipinski definition) is 6.